The van der Waals surface area contributed by atoms with Gasteiger partial charge in [0.15, 0.2) is 5.96 Å². The molecule has 1 unspecified atom stereocenters. The van der Waals surface area contributed by atoms with Crippen LogP contribution in [0, 0.1) is 19.3 Å². The van der Waals surface area contributed by atoms with Crippen molar-refractivity contribution in [2.75, 3.05) is 33.4 Å². The molecule has 0 amide bonds. The van der Waals surface area contributed by atoms with E-state index < -0.39 is 0 Å². The highest BCUT2D eigenvalue weighted by Crippen LogP contribution is 2.41. The molecule has 1 aliphatic rings. The number of guanidine groups is 1. The molecule has 1 heterocycles. The van der Waals surface area contributed by atoms with Gasteiger partial charge in [0.2, 0.25) is 0 Å². The van der Waals surface area contributed by atoms with Gasteiger partial charge in [-0.3, -0.25) is 4.99 Å². The average Bonchev–Trinajstić information content (AvgIpc) is 3.22. The first-order valence-electron chi connectivity index (χ1n) is 9.95. The first-order chi connectivity index (χ1) is 12.5. The summed E-state index contributed by atoms with van der Waals surface area (Å²) in [4.78, 5) is 4.92. The summed E-state index contributed by atoms with van der Waals surface area (Å²) in [6.45, 7) is 11.6. The second-order valence-corrected chi connectivity index (χ2v) is 7.66. The van der Waals surface area contributed by atoms with Crippen LogP contribution < -0.4 is 10.6 Å². The maximum atomic E-state index is 5.33. The fourth-order valence-corrected chi connectivity index (χ4v) is 4.06. The molecular weight excluding hydrogens is 328 g/mol. The Bertz CT molecular complexity index is 557. The third-order valence-corrected chi connectivity index (χ3v) is 5.57. The van der Waals surface area contributed by atoms with Crippen LogP contribution in [0.5, 0.6) is 0 Å². The molecule has 0 saturated heterocycles. The van der Waals surface area contributed by atoms with E-state index in [-0.39, 0.29) is 0 Å². The number of nitrogens with one attached hydrogen (secondary N) is 2. The zero-order valence-corrected chi connectivity index (χ0v) is 17.2. The first-order valence-corrected chi connectivity index (χ1v) is 9.95. The number of methoxy groups -OCH3 is 1. The van der Waals surface area contributed by atoms with Gasteiger partial charge in [-0.05, 0) is 45.4 Å². The largest absolute Gasteiger partial charge is 0.385 e. The van der Waals surface area contributed by atoms with Crippen LogP contribution >= 0.6 is 0 Å². The zero-order chi connectivity index (χ0) is 19.0. The summed E-state index contributed by atoms with van der Waals surface area (Å²) in [5, 5.41) is 10.9. The second kappa shape index (κ2) is 9.95. The van der Waals surface area contributed by atoms with Crippen molar-refractivity contribution in [3.05, 3.63) is 17.0 Å². The van der Waals surface area contributed by atoms with Gasteiger partial charge >= 0.3 is 0 Å². The van der Waals surface area contributed by atoms with Gasteiger partial charge in [-0.1, -0.05) is 24.9 Å². The van der Waals surface area contributed by atoms with E-state index in [0.29, 0.717) is 11.3 Å². The lowest BCUT2D eigenvalue weighted by atomic mass is 9.83. The molecule has 148 valence electrons. The van der Waals surface area contributed by atoms with E-state index in [1.165, 1.54) is 31.2 Å². The standard InChI is InChI=1S/C20H36N4O2/c1-6-21-19(22-13-15(2)18-16(3)24-26-17(18)4)23-14-20(11-12-25-5)9-7-8-10-20/h15H,6-14H2,1-5H3,(H2,21,22,23). The van der Waals surface area contributed by atoms with E-state index in [4.69, 9.17) is 14.3 Å². The lowest BCUT2D eigenvalue weighted by Crippen LogP contribution is -2.40. The number of hydrogen-bond acceptors (Lipinski definition) is 4. The fourth-order valence-electron chi connectivity index (χ4n) is 4.06. The summed E-state index contributed by atoms with van der Waals surface area (Å²) in [6.07, 6.45) is 6.24. The Balaban J connectivity index is 1.97. The highest BCUT2D eigenvalue weighted by Gasteiger charge is 2.33. The van der Waals surface area contributed by atoms with E-state index in [1.807, 2.05) is 13.8 Å². The summed E-state index contributed by atoms with van der Waals surface area (Å²) >= 11 is 0. The Morgan fingerprint density at radius 3 is 2.62 bits per heavy atom. The molecule has 1 aliphatic carbocycles. The SMILES string of the molecule is CCNC(=NCC1(CCOC)CCCC1)NCC(C)c1c(C)noc1C. The van der Waals surface area contributed by atoms with Gasteiger partial charge < -0.3 is 19.9 Å². The third-order valence-electron chi connectivity index (χ3n) is 5.57. The van der Waals surface area contributed by atoms with Crippen LogP contribution in [-0.2, 0) is 4.74 Å². The third kappa shape index (κ3) is 5.47. The van der Waals surface area contributed by atoms with Crippen molar-refractivity contribution in [3.63, 3.8) is 0 Å². The average molecular weight is 365 g/mol. The van der Waals surface area contributed by atoms with Crippen molar-refractivity contribution in [1.29, 1.82) is 0 Å². The normalized spacial score (nSPS) is 18.1. The number of ether oxygens (including phenoxy) is 1. The Morgan fingerprint density at radius 2 is 2.04 bits per heavy atom. The van der Waals surface area contributed by atoms with Gasteiger partial charge in [-0.15, -0.1) is 0 Å². The van der Waals surface area contributed by atoms with Crippen molar-refractivity contribution in [3.8, 4) is 0 Å². The van der Waals surface area contributed by atoms with Crippen LogP contribution in [0.1, 0.15) is 68.9 Å². The Labute approximate surface area is 158 Å². The molecular formula is C20H36N4O2. The lowest BCUT2D eigenvalue weighted by Gasteiger charge is -2.27. The molecule has 6 nitrogen and oxygen atoms in total. The highest BCUT2D eigenvalue weighted by atomic mass is 16.5. The quantitative estimate of drug-likeness (QED) is 0.518. The van der Waals surface area contributed by atoms with Gasteiger partial charge in [-0.2, -0.15) is 0 Å². The molecule has 6 heteroatoms. The zero-order valence-electron chi connectivity index (χ0n) is 17.2. The Kier molecular flexibility index (Phi) is 7.94. The Morgan fingerprint density at radius 1 is 1.31 bits per heavy atom. The molecule has 0 aliphatic heterocycles. The summed E-state index contributed by atoms with van der Waals surface area (Å²) < 4.78 is 10.6. The van der Waals surface area contributed by atoms with Gasteiger partial charge in [0.1, 0.15) is 5.76 Å². The number of nitrogens with zero attached hydrogens (tertiary/aromatic N) is 2. The van der Waals surface area contributed by atoms with Crippen molar-refractivity contribution in [1.82, 2.24) is 15.8 Å². The minimum Gasteiger partial charge on any atom is -0.385 e. The van der Waals surface area contributed by atoms with Gasteiger partial charge in [0.25, 0.3) is 0 Å². The van der Waals surface area contributed by atoms with E-state index in [0.717, 1.165) is 50.1 Å². The summed E-state index contributed by atoms with van der Waals surface area (Å²) in [7, 11) is 1.79. The van der Waals surface area contributed by atoms with E-state index in [9.17, 15) is 0 Å². The first kappa shape index (κ1) is 20.7. The van der Waals surface area contributed by atoms with Crippen LogP contribution in [0.2, 0.25) is 0 Å². The molecule has 1 aromatic heterocycles. The minimum atomic E-state index is 0.311. The fraction of sp³-hybridized carbons (Fsp3) is 0.800. The molecule has 0 bridgehead atoms. The maximum absolute atomic E-state index is 5.33. The predicted molar refractivity (Wildman–Crippen MR) is 106 cm³/mol. The van der Waals surface area contributed by atoms with Crippen LogP contribution in [0.15, 0.2) is 9.52 Å². The number of rotatable bonds is 9. The summed E-state index contributed by atoms with van der Waals surface area (Å²) in [6, 6.07) is 0. The molecule has 1 saturated carbocycles. The van der Waals surface area contributed by atoms with E-state index >= 15 is 0 Å². The summed E-state index contributed by atoms with van der Waals surface area (Å²) in [5.74, 6) is 2.12. The van der Waals surface area contributed by atoms with Crippen molar-refractivity contribution >= 4 is 5.96 Å². The monoisotopic (exact) mass is 364 g/mol. The van der Waals surface area contributed by atoms with Crippen LogP contribution in [0.25, 0.3) is 0 Å². The van der Waals surface area contributed by atoms with Crippen molar-refractivity contribution in [2.24, 2.45) is 10.4 Å². The maximum Gasteiger partial charge on any atom is 0.191 e. The molecule has 1 aromatic rings. The number of aliphatic imine (C=N–C) groups is 1. The highest BCUT2D eigenvalue weighted by molar-refractivity contribution is 5.79. The van der Waals surface area contributed by atoms with Crippen LogP contribution in [-0.4, -0.2) is 44.5 Å². The van der Waals surface area contributed by atoms with Gasteiger partial charge in [0.05, 0.1) is 5.69 Å². The van der Waals surface area contributed by atoms with Crippen molar-refractivity contribution < 1.29 is 9.26 Å². The van der Waals surface area contributed by atoms with E-state index in [1.54, 1.807) is 7.11 Å². The predicted octanol–water partition coefficient (Wildman–Crippen LogP) is 3.55. The molecule has 0 spiro atoms. The second-order valence-electron chi connectivity index (χ2n) is 7.66. The lowest BCUT2D eigenvalue weighted by molar-refractivity contribution is 0.141. The molecule has 0 aromatic carbocycles. The number of aryl methyl sites for hydroxylation is 2. The van der Waals surface area contributed by atoms with Gasteiger partial charge in [-0.25, -0.2) is 0 Å². The smallest absolute Gasteiger partial charge is 0.191 e. The van der Waals surface area contributed by atoms with Crippen LogP contribution in [0.4, 0.5) is 0 Å². The topological polar surface area (TPSA) is 71.7 Å². The summed E-state index contributed by atoms with van der Waals surface area (Å²) in [5.41, 5.74) is 2.48. The molecule has 1 atom stereocenters. The number of hydrogen-bond donors (Lipinski definition) is 2. The Hall–Kier alpha value is -1.56. The van der Waals surface area contributed by atoms with Crippen molar-refractivity contribution in [2.45, 2.75) is 65.7 Å². The molecule has 2 rings (SSSR count). The molecule has 0 radical (unpaired) electrons. The van der Waals surface area contributed by atoms with Crippen LogP contribution in [0.3, 0.4) is 0 Å². The van der Waals surface area contributed by atoms with E-state index in [2.05, 4.69) is 29.6 Å². The minimum absolute atomic E-state index is 0.311. The molecule has 1 fully saturated rings. The number of aromatic nitrogens is 1. The molecule has 26 heavy (non-hydrogen) atoms. The van der Waals surface area contributed by atoms with Gasteiger partial charge in [0, 0.05) is 44.8 Å². The molecule has 2 N–H and O–H groups in total.